The molecule has 0 aliphatic carbocycles. The number of nitrogens with one attached hydrogen (secondary N) is 1. The van der Waals surface area contributed by atoms with E-state index in [9.17, 15) is 0 Å². The van der Waals surface area contributed by atoms with Crippen molar-refractivity contribution in [2.75, 3.05) is 7.05 Å². The summed E-state index contributed by atoms with van der Waals surface area (Å²) in [5, 5.41) is 3.37. The van der Waals surface area contributed by atoms with Crippen LogP contribution in [0, 0.1) is 5.92 Å². The summed E-state index contributed by atoms with van der Waals surface area (Å²) >= 11 is 0. The Hall–Kier alpha value is -0.820. The molecule has 1 aromatic carbocycles. The molecule has 0 saturated heterocycles. The summed E-state index contributed by atoms with van der Waals surface area (Å²) in [5.41, 5.74) is 1.45. The van der Waals surface area contributed by atoms with Gasteiger partial charge in [-0.15, -0.1) is 0 Å². The number of likely N-dealkylation sites (N-methyl/N-ethyl adjacent to an activating group) is 1. The first-order valence-electron chi connectivity index (χ1n) is 5.87. The van der Waals surface area contributed by atoms with E-state index in [1.165, 1.54) is 12.0 Å². The molecule has 1 N–H and O–H groups in total. The Morgan fingerprint density at radius 3 is 2.13 bits per heavy atom. The predicted octanol–water partition coefficient (Wildman–Crippen LogP) is 3.42. The molecule has 0 aliphatic heterocycles. The Labute approximate surface area is 93.9 Å². The van der Waals surface area contributed by atoms with Crippen LogP contribution in [0.4, 0.5) is 0 Å². The van der Waals surface area contributed by atoms with Crippen molar-refractivity contribution in [1.29, 1.82) is 0 Å². The summed E-state index contributed by atoms with van der Waals surface area (Å²) in [6, 6.07) is 11.4. The molecule has 15 heavy (non-hydrogen) atoms. The molecule has 1 nitrogen and oxygen atoms in total. The number of rotatable bonds is 5. The quantitative estimate of drug-likeness (QED) is 0.776. The smallest absolute Gasteiger partial charge is 0.0105 e. The molecule has 1 aromatic rings. The maximum absolute atomic E-state index is 3.37. The highest BCUT2D eigenvalue weighted by Crippen LogP contribution is 2.26. The molecular weight excluding hydrogens is 182 g/mol. The van der Waals surface area contributed by atoms with Gasteiger partial charge in [-0.2, -0.15) is 0 Å². The van der Waals surface area contributed by atoms with Crippen LogP contribution in [0.25, 0.3) is 0 Å². The molecule has 0 radical (unpaired) electrons. The summed E-state index contributed by atoms with van der Waals surface area (Å²) < 4.78 is 0. The van der Waals surface area contributed by atoms with Crippen molar-refractivity contribution in [3.8, 4) is 0 Å². The molecule has 0 saturated carbocycles. The fourth-order valence-electron chi connectivity index (χ4n) is 2.04. The zero-order valence-electron chi connectivity index (χ0n) is 10.3. The van der Waals surface area contributed by atoms with E-state index in [-0.39, 0.29) is 0 Å². The molecule has 0 spiro atoms. The van der Waals surface area contributed by atoms with Crippen molar-refractivity contribution in [3.63, 3.8) is 0 Å². The van der Waals surface area contributed by atoms with E-state index < -0.39 is 0 Å². The van der Waals surface area contributed by atoms with Crippen LogP contribution in [0.15, 0.2) is 30.3 Å². The first-order valence-corrected chi connectivity index (χ1v) is 5.87. The lowest BCUT2D eigenvalue weighted by molar-refractivity contribution is 0.413. The third kappa shape index (κ3) is 3.67. The average molecular weight is 205 g/mol. The topological polar surface area (TPSA) is 12.0 Å². The van der Waals surface area contributed by atoms with Crippen molar-refractivity contribution in [1.82, 2.24) is 5.32 Å². The van der Waals surface area contributed by atoms with Crippen LogP contribution >= 0.6 is 0 Å². The molecular formula is C14H23N. The van der Waals surface area contributed by atoms with Crippen LogP contribution in [-0.4, -0.2) is 13.1 Å². The molecule has 2 unspecified atom stereocenters. The summed E-state index contributed by atoms with van der Waals surface area (Å²) in [6.45, 7) is 6.84. The zero-order chi connectivity index (χ0) is 11.3. The first-order chi connectivity index (χ1) is 7.15. The minimum Gasteiger partial charge on any atom is -0.317 e. The Kier molecular flexibility index (Phi) is 4.83. The second-order valence-corrected chi connectivity index (χ2v) is 4.72. The van der Waals surface area contributed by atoms with Crippen molar-refractivity contribution in [3.05, 3.63) is 35.9 Å². The Morgan fingerprint density at radius 1 is 1.07 bits per heavy atom. The Bertz CT molecular complexity index is 266. The molecule has 1 heteroatoms. The van der Waals surface area contributed by atoms with Gasteiger partial charge in [0, 0.05) is 6.04 Å². The third-order valence-electron chi connectivity index (χ3n) is 3.01. The molecule has 0 fully saturated rings. The van der Waals surface area contributed by atoms with Gasteiger partial charge in [-0.05, 0) is 37.8 Å². The first kappa shape index (κ1) is 12.3. The lowest BCUT2D eigenvalue weighted by atomic mass is 9.85. The zero-order valence-corrected chi connectivity index (χ0v) is 10.3. The van der Waals surface area contributed by atoms with Gasteiger partial charge in [0.2, 0.25) is 0 Å². The van der Waals surface area contributed by atoms with Gasteiger partial charge in [-0.25, -0.2) is 0 Å². The van der Waals surface area contributed by atoms with Crippen molar-refractivity contribution in [2.45, 2.75) is 39.2 Å². The molecule has 0 aromatic heterocycles. The van der Waals surface area contributed by atoms with E-state index in [0.717, 1.165) is 5.92 Å². The van der Waals surface area contributed by atoms with Gasteiger partial charge in [-0.3, -0.25) is 0 Å². The average Bonchev–Trinajstić information content (AvgIpc) is 2.26. The Balaban J connectivity index is 2.81. The minimum absolute atomic E-state index is 0.537. The van der Waals surface area contributed by atoms with E-state index in [1.807, 2.05) is 7.05 Å². The minimum atomic E-state index is 0.537. The summed E-state index contributed by atoms with van der Waals surface area (Å²) in [4.78, 5) is 0. The number of hydrogen-bond donors (Lipinski definition) is 1. The van der Waals surface area contributed by atoms with Gasteiger partial charge in [0.25, 0.3) is 0 Å². The second-order valence-electron chi connectivity index (χ2n) is 4.72. The van der Waals surface area contributed by atoms with Crippen molar-refractivity contribution in [2.24, 2.45) is 5.92 Å². The van der Waals surface area contributed by atoms with Crippen molar-refractivity contribution >= 4 is 0 Å². The van der Waals surface area contributed by atoms with E-state index in [1.54, 1.807) is 0 Å². The maximum atomic E-state index is 3.37. The molecule has 0 aliphatic rings. The molecule has 1 rings (SSSR count). The molecule has 0 heterocycles. The standard InChI is InChI=1S/C14H23N/c1-11(2)10-14(12(3)15-4)13-8-6-5-7-9-13/h5-9,11-12,14-15H,10H2,1-4H3. The van der Waals surface area contributed by atoms with Crippen molar-refractivity contribution < 1.29 is 0 Å². The number of hydrogen-bond acceptors (Lipinski definition) is 1. The van der Waals surface area contributed by atoms with Gasteiger partial charge in [0.05, 0.1) is 0 Å². The van der Waals surface area contributed by atoms with Gasteiger partial charge in [0.15, 0.2) is 0 Å². The number of benzene rings is 1. The fourth-order valence-corrected chi connectivity index (χ4v) is 2.04. The van der Waals surface area contributed by atoms with E-state index in [2.05, 4.69) is 56.4 Å². The van der Waals surface area contributed by atoms with Crippen LogP contribution in [0.2, 0.25) is 0 Å². The van der Waals surface area contributed by atoms with Gasteiger partial charge >= 0.3 is 0 Å². The highest BCUT2D eigenvalue weighted by atomic mass is 14.9. The van der Waals surface area contributed by atoms with E-state index in [0.29, 0.717) is 12.0 Å². The van der Waals surface area contributed by atoms with E-state index >= 15 is 0 Å². The maximum Gasteiger partial charge on any atom is 0.0105 e. The van der Waals surface area contributed by atoms with Crippen LogP contribution in [0.1, 0.15) is 38.7 Å². The SMILES string of the molecule is CNC(C)C(CC(C)C)c1ccccc1. The molecule has 84 valence electrons. The Morgan fingerprint density at radius 2 is 1.67 bits per heavy atom. The monoisotopic (exact) mass is 205 g/mol. The highest BCUT2D eigenvalue weighted by Gasteiger charge is 2.18. The lowest BCUT2D eigenvalue weighted by Gasteiger charge is -2.25. The predicted molar refractivity (Wildman–Crippen MR) is 67.2 cm³/mol. The van der Waals surface area contributed by atoms with Crippen LogP contribution in [-0.2, 0) is 0 Å². The highest BCUT2D eigenvalue weighted by molar-refractivity contribution is 5.21. The normalized spacial score (nSPS) is 15.3. The molecule has 0 bridgehead atoms. The summed E-state index contributed by atoms with van der Waals surface area (Å²) in [5.74, 6) is 1.36. The summed E-state index contributed by atoms with van der Waals surface area (Å²) in [6.07, 6.45) is 1.24. The fraction of sp³-hybridized carbons (Fsp3) is 0.571. The molecule has 2 atom stereocenters. The largest absolute Gasteiger partial charge is 0.317 e. The van der Waals surface area contributed by atoms with Crippen LogP contribution in [0.3, 0.4) is 0 Å². The lowest BCUT2D eigenvalue weighted by Crippen LogP contribution is -2.29. The van der Waals surface area contributed by atoms with E-state index in [4.69, 9.17) is 0 Å². The van der Waals surface area contributed by atoms with Crippen LogP contribution in [0.5, 0.6) is 0 Å². The van der Waals surface area contributed by atoms with Gasteiger partial charge in [0.1, 0.15) is 0 Å². The van der Waals surface area contributed by atoms with Crippen LogP contribution < -0.4 is 5.32 Å². The second kappa shape index (κ2) is 5.92. The molecule has 0 amide bonds. The van der Waals surface area contributed by atoms with Gasteiger partial charge in [-0.1, -0.05) is 44.2 Å². The van der Waals surface area contributed by atoms with Gasteiger partial charge < -0.3 is 5.32 Å². The third-order valence-corrected chi connectivity index (χ3v) is 3.01. The summed E-state index contributed by atoms with van der Waals surface area (Å²) in [7, 11) is 2.04.